The Balaban J connectivity index is 3.60. The van der Waals surface area contributed by atoms with E-state index in [9.17, 15) is 9.59 Å². The van der Waals surface area contributed by atoms with Gasteiger partial charge in [-0.1, -0.05) is 20.8 Å². The van der Waals surface area contributed by atoms with Crippen LogP contribution in [-0.4, -0.2) is 25.4 Å². The molecule has 0 heterocycles. The lowest BCUT2D eigenvalue weighted by atomic mass is 10.0. The van der Waals surface area contributed by atoms with Crippen molar-refractivity contribution in [3.05, 3.63) is 0 Å². The van der Waals surface area contributed by atoms with E-state index in [1.165, 1.54) is 0 Å². The summed E-state index contributed by atoms with van der Waals surface area (Å²) in [5.74, 6) is 0.886. The van der Waals surface area contributed by atoms with Crippen molar-refractivity contribution in [3.63, 3.8) is 0 Å². The Hall–Kier alpha value is -1.06. The minimum atomic E-state index is 0.0559. The van der Waals surface area contributed by atoms with Crippen LogP contribution < -0.4 is 10.6 Å². The molecule has 0 aromatic rings. The van der Waals surface area contributed by atoms with E-state index in [1.54, 1.807) is 7.05 Å². The van der Waals surface area contributed by atoms with Gasteiger partial charge in [0.1, 0.15) is 0 Å². The van der Waals surface area contributed by atoms with E-state index in [0.29, 0.717) is 31.2 Å². The van der Waals surface area contributed by atoms with Gasteiger partial charge in [-0.15, -0.1) is 0 Å². The number of hydrogen-bond donors (Lipinski definition) is 2. The van der Waals surface area contributed by atoms with Gasteiger partial charge in [-0.05, 0) is 18.3 Å². The molecule has 2 amide bonds. The minimum Gasteiger partial charge on any atom is -0.359 e. The first-order chi connectivity index (χ1) is 7.45. The number of carbonyl (C=O) groups is 2. The molecule has 0 aliphatic rings. The van der Waals surface area contributed by atoms with Crippen LogP contribution in [0.15, 0.2) is 0 Å². The number of carbonyl (C=O) groups excluding carboxylic acids is 2. The normalized spacial score (nSPS) is 12.3. The molecule has 0 rings (SSSR count). The van der Waals surface area contributed by atoms with Crippen LogP contribution in [0.3, 0.4) is 0 Å². The summed E-state index contributed by atoms with van der Waals surface area (Å²) in [6.07, 6.45) is 1.90. The highest BCUT2D eigenvalue weighted by Crippen LogP contribution is 2.04. The molecule has 0 saturated heterocycles. The van der Waals surface area contributed by atoms with Crippen LogP contribution in [0, 0.1) is 11.8 Å². The first kappa shape index (κ1) is 14.9. The van der Waals surface area contributed by atoms with E-state index in [2.05, 4.69) is 10.6 Å². The Morgan fingerprint density at radius 2 is 1.75 bits per heavy atom. The van der Waals surface area contributed by atoms with Gasteiger partial charge in [0, 0.05) is 26.4 Å². The smallest absolute Gasteiger partial charge is 0.220 e. The molecule has 94 valence electrons. The number of rotatable bonds is 7. The maximum atomic E-state index is 11.4. The number of hydrogen-bond acceptors (Lipinski definition) is 2. The van der Waals surface area contributed by atoms with Crippen LogP contribution in [0.25, 0.3) is 0 Å². The van der Waals surface area contributed by atoms with Gasteiger partial charge in [0.05, 0.1) is 0 Å². The minimum absolute atomic E-state index is 0.0559. The third-order valence-corrected chi connectivity index (χ3v) is 2.38. The van der Waals surface area contributed by atoms with Gasteiger partial charge in [0.25, 0.3) is 0 Å². The van der Waals surface area contributed by atoms with E-state index in [1.807, 2.05) is 20.8 Å². The molecule has 0 aromatic carbocycles. The van der Waals surface area contributed by atoms with Crippen molar-refractivity contribution in [1.29, 1.82) is 0 Å². The highest BCUT2D eigenvalue weighted by Gasteiger charge is 2.08. The van der Waals surface area contributed by atoms with Crippen molar-refractivity contribution in [1.82, 2.24) is 10.6 Å². The fourth-order valence-electron chi connectivity index (χ4n) is 1.34. The predicted octanol–water partition coefficient (Wildman–Crippen LogP) is 1.31. The van der Waals surface area contributed by atoms with Crippen LogP contribution in [0.1, 0.15) is 40.0 Å². The monoisotopic (exact) mass is 228 g/mol. The van der Waals surface area contributed by atoms with Gasteiger partial charge in [-0.2, -0.15) is 0 Å². The van der Waals surface area contributed by atoms with Crippen molar-refractivity contribution < 1.29 is 9.59 Å². The highest BCUT2D eigenvalue weighted by atomic mass is 16.2. The quantitative estimate of drug-likeness (QED) is 0.690. The van der Waals surface area contributed by atoms with Gasteiger partial charge in [-0.3, -0.25) is 9.59 Å². The summed E-state index contributed by atoms with van der Waals surface area (Å²) >= 11 is 0. The second kappa shape index (κ2) is 8.13. The molecule has 0 bridgehead atoms. The third-order valence-electron chi connectivity index (χ3n) is 2.38. The molecule has 4 heteroatoms. The first-order valence-electron chi connectivity index (χ1n) is 5.93. The average Bonchev–Trinajstić information content (AvgIpc) is 2.22. The van der Waals surface area contributed by atoms with E-state index in [-0.39, 0.29) is 11.8 Å². The molecule has 0 saturated carbocycles. The maximum absolute atomic E-state index is 11.4. The fourth-order valence-corrected chi connectivity index (χ4v) is 1.34. The zero-order chi connectivity index (χ0) is 12.6. The maximum Gasteiger partial charge on any atom is 0.220 e. The van der Waals surface area contributed by atoms with Crippen LogP contribution in [0.5, 0.6) is 0 Å². The lowest BCUT2D eigenvalue weighted by molar-refractivity contribution is -0.122. The van der Waals surface area contributed by atoms with Gasteiger partial charge >= 0.3 is 0 Å². The molecule has 1 unspecified atom stereocenters. The molecule has 0 aromatic heterocycles. The van der Waals surface area contributed by atoms with Crippen molar-refractivity contribution in [3.8, 4) is 0 Å². The molecule has 0 spiro atoms. The Morgan fingerprint density at radius 3 is 2.25 bits per heavy atom. The van der Waals surface area contributed by atoms with Crippen LogP contribution in [0.4, 0.5) is 0 Å². The second-order valence-electron chi connectivity index (χ2n) is 4.72. The van der Waals surface area contributed by atoms with E-state index < -0.39 is 0 Å². The number of nitrogens with one attached hydrogen (secondary N) is 2. The third kappa shape index (κ3) is 8.26. The summed E-state index contributed by atoms with van der Waals surface area (Å²) in [4.78, 5) is 22.4. The molecular formula is C12H24N2O2. The van der Waals surface area contributed by atoms with Crippen molar-refractivity contribution in [2.24, 2.45) is 11.8 Å². The zero-order valence-corrected chi connectivity index (χ0v) is 10.8. The van der Waals surface area contributed by atoms with Gasteiger partial charge in [-0.25, -0.2) is 0 Å². The molecule has 0 aliphatic heterocycles. The van der Waals surface area contributed by atoms with Crippen molar-refractivity contribution in [2.45, 2.75) is 40.0 Å². The van der Waals surface area contributed by atoms with E-state index in [4.69, 9.17) is 0 Å². The molecule has 0 aliphatic carbocycles. The van der Waals surface area contributed by atoms with Gasteiger partial charge in [0.15, 0.2) is 0 Å². The SMILES string of the molecule is CNC(=O)CCC(C)CNC(=O)CC(C)C. The molecule has 1 atom stereocenters. The molecule has 0 radical (unpaired) electrons. The van der Waals surface area contributed by atoms with Crippen LogP contribution in [0.2, 0.25) is 0 Å². The molecule has 4 nitrogen and oxygen atoms in total. The molecule has 2 N–H and O–H groups in total. The zero-order valence-electron chi connectivity index (χ0n) is 10.8. The average molecular weight is 228 g/mol. The summed E-state index contributed by atoms with van der Waals surface area (Å²) in [6, 6.07) is 0. The topological polar surface area (TPSA) is 58.2 Å². The van der Waals surface area contributed by atoms with Crippen LogP contribution in [-0.2, 0) is 9.59 Å². The summed E-state index contributed by atoms with van der Waals surface area (Å²) in [5.41, 5.74) is 0. The number of amides is 2. The Bertz CT molecular complexity index is 227. The molecular weight excluding hydrogens is 204 g/mol. The first-order valence-corrected chi connectivity index (χ1v) is 5.93. The molecule has 16 heavy (non-hydrogen) atoms. The lowest BCUT2D eigenvalue weighted by Gasteiger charge is -2.12. The van der Waals surface area contributed by atoms with Crippen molar-refractivity contribution in [2.75, 3.05) is 13.6 Å². The standard InChI is InChI=1S/C12H24N2O2/c1-9(2)7-12(16)14-8-10(3)5-6-11(15)13-4/h9-10H,5-8H2,1-4H3,(H,13,15)(H,14,16). The van der Waals surface area contributed by atoms with E-state index >= 15 is 0 Å². The Labute approximate surface area is 98.2 Å². The largest absolute Gasteiger partial charge is 0.359 e. The predicted molar refractivity (Wildman–Crippen MR) is 64.9 cm³/mol. The summed E-state index contributed by atoms with van der Waals surface area (Å²) in [7, 11) is 1.64. The second-order valence-corrected chi connectivity index (χ2v) is 4.72. The lowest BCUT2D eigenvalue weighted by Crippen LogP contribution is -2.29. The summed E-state index contributed by atoms with van der Waals surface area (Å²) in [6.45, 7) is 6.74. The summed E-state index contributed by atoms with van der Waals surface area (Å²) in [5, 5.41) is 5.47. The van der Waals surface area contributed by atoms with Crippen LogP contribution >= 0.6 is 0 Å². The molecule has 0 fully saturated rings. The fraction of sp³-hybridized carbons (Fsp3) is 0.833. The Morgan fingerprint density at radius 1 is 1.12 bits per heavy atom. The highest BCUT2D eigenvalue weighted by molar-refractivity contribution is 5.76. The Kier molecular flexibility index (Phi) is 7.60. The van der Waals surface area contributed by atoms with Gasteiger partial charge in [0.2, 0.25) is 11.8 Å². The van der Waals surface area contributed by atoms with E-state index in [0.717, 1.165) is 6.42 Å². The summed E-state index contributed by atoms with van der Waals surface area (Å²) < 4.78 is 0. The van der Waals surface area contributed by atoms with Crippen molar-refractivity contribution >= 4 is 11.8 Å². The van der Waals surface area contributed by atoms with Gasteiger partial charge < -0.3 is 10.6 Å².